The zero-order chi connectivity index (χ0) is 0. The van der Waals surface area contributed by atoms with Gasteiger partial charge in [0.05, 0.1) is 0 Å². The van der Waals surface area contributed by atoms with Crippen molar-refractivity contribution in [3.63, 3.8) is 0 Å². The third kappa shape index (κ3) is 8.85. The van der Waals surface area contributed by atoms with E-state index in [1.807, 2.05) is 0 Å². The van der Waals surface area contributed by atoms with Gasteiger partial charge in [0.1, 0.15) is 0 Å². The molecule has 0 bridgehead atoms. The SMILES string of the molecule is S.[AlH3].[La].[MgH2]. The first kappa shape index (κ1) is 28.9. The van der Waals surface area contributed by atoms with Crippen LogP contribution in [0.25, 0.3) is 0 Å². The van der Waals surface area contributed by atoms with Crippen molar-refractivity contribution in [1.29, 1.82) is 0 Å². The number of hydrogen-bond acceptors (Lipinski definition) is 0. The predicted octanol–water partition coefficient (Wildman–Crippen LogP) is -1.99. The number of hydrogen-bond donors (Lipinski definition) is 0. The van der Waals surface area contributed by atoms with Crippen molar-refractivity contribution < 1.29 is 35.6 Å². The molecular weight excluding hydrogens is 222 g/mol. The molecule has 4 heteroatoms. The van der Waals surface area contributed by atoms with E-state index in [1.54, 1.807) is 0 Å². The van der Waals surface area contributed by atoms with Crippen LogP contribution in [0.15, 0.2) is 0 Å². The standard InChI is InChI=1S/Al.La.Mg.H2S.5H/h;;;1H2;;;;;. The normalized spacial score (nSPS) is 0. The second-order valence-electron chi connectivity index (χ2n) is 0. The van der Waals surface area contributed by atoms with Gasteiger partial charge in [0.2, 0.25) is 0 Å². The van der Waals surface area contributed by atoms with Crippen LogP contribution in [-0.2, 0) is 0 Å². The minimum atomic E-state index is 0. The van der Waals surface area contributed by atoms with Crippen LogP contribution in [0.4, 0.5) is 0 Å². The van der Waals surface area contributed by atoms with Crippen LogP contribution in [0.3, 0.4) is 0 Å². The molecule has 0 aromatic rings. The van der Waals surface area contributed by atoms with Crippen molar-refractivity contribution in [2.75, 3.05) is 0 Å². The van der Waals surface area contributed by atoms with Crippen LogP contribution in [0.2, 0.25) is 0 Å². The molecule has 0 atom stereocenters. The van der Waals surface area contributed by atoms with Crippen LogP contribution in [0.5, 0.6) is 0 Å². The molecule has 0 unspecified atom stereocenters. The van der Waals surface area contributed by atoms with Gasteiger partial charge in [-0.15, -0.1) is 0 Å². The first-order chi connectivity index (χ1) is 0. The van der Waals surface area contributed by atoms with E-state index in [4.69, 9.17) is 0 Å². The summed E-state index contributed by atoms with van der Waals surface area (Å²) in [6.45, 7) is 0. The van der Waals surface area contributed by atoms with Gasteiger partial charge < -0.3 is 0 Å². The van der Waals surface area contributed by atoms with Crippen molar-refractivity contribution in [2.24, 2.45) is 0 Å². The molecule has 0 aromatic carbocycles. The van der Waals surface area contributed by atoms with E-state index in [2.05, 4.69) is 0 Å². The summed E-state index contributed by atoms with van der Waals surface area (Å²) in [6, 6.07) is 0. The number of rotatable bonds is 0. The second kappa shape index (κ2) is 17.0. The van der Waals surface area contributed by atoms with Gasteiger partial charge in [-0.2, -0.15) is 13.5 Å². The van der Waals surface area contributed by atoms with Gasteiger partial charge in [-0.3, -0.25) is 0 Å². The van der Waals surface area contributed by atoms with Crippen LogP contribution in [0, 0.1) is 35.6 Å². The van der Waals surface area contributed by atoms with Gasteiger partial charge in [0.25, 0.3) is 0 Å². The van der Waals surface area contributed by atoms with E-state index >= 15 is 0 Å². The van der Waals surface area contributed by atoms with E-state index in [0.717, 1.165) is 0 Å². The van der Waals surface area contributed by atoms with E-state index in [-0.39, 0.29) is 89.5 Å². The molecule has 0 spiro atoms. The smallest absolute Gasteiger partial charge is 0.197 e. The fourth-order valence-corrected chi connectivity index (χ4v) is 0. The third-order valence-corrected chi connectivity index (χ3v) is 0. The van der Waals surface area contributed by atoms with Crippen molar-refractivity contribution in [2.45, 2.75) is 0 Å². The first-order valence-corrected chi connectivity index (χ1v) is 0. The summed E-state index contributed by atoms with van der Waals surface area (Å²) in [5, 5.41) is 0. The Morgan fingerprint density at radius 2 is 1.00 bits per heavy atom. The minimum Gasteiger partial charge on any atom is -0.197 e. The van der Waals surface area contributed by atoms with Crippen molar-refractivity contribution in [3.05, 3.63) is 0 Å². The average molecular weight is 229 g/mol. The Balaban J connectivity index is 0. The molecule has 0 fully saturated rings. The van der Waals surface area contributed by atoms with Gasteiger partial charge >= 0.3 is 23.1 Å². The first-order valence-electron chi connectivity index (χ1n) is 0. The predicted molar refractivity (Wildman–Crippen MR) is 28.9 cm³/mol. The molecule has 0 heterocycles. The van der Waals surface area contributed by atoms with Gasteiger partial charge in [-0.25, -0.2) is 0 Å². The van der Waals surface area contributed by atoms with Gasteiger partial charge in [-0.1, -0.05) is 0 Å². The molecule has 21 valence electrons. The molecule has 0 nitrogen and oxygen atoms in total. The maximum atomic E-state index is 0. The van der Waals surface area contributed by atoms with Crippen molar-refractivity contribution >= 4 is 53.9 Å². The Labute approximate surface area is 87.8 Å². The zero-order valence-electron chi connectivity index (χ0n) is 1.08. The molecule has 0 aromatic heterocycles. The molecule has 0 aliphatic carbocycles. The third-order valence-electron chi connectivity index (χ3n) is 0. The van der Waals surface area contributed by atoms with E-state index in [0.29, 0.717) is 0 Å². The summed E-state index contributed by atoms with van der Waals surface area (Å²) in [5.41, 5.74) is 0. The van der Waals surface area contributed by atoms with E-state index < -0.39 is 0 Å². The average Bonchev–Trinajstić information content (AvgIpc) is 0. The molecule has 0 rings (SSSR count). The Morgan fingerprint density at radius 1 is 1.00 bits per heavy atom. The summed E-state index contributed by atoms with van der Waals surface area (Å²) >= 11 is 0. The minimum absolute atomic E-state index is 0. The zero-order valence-corrected chi connectivity index (χ0v) is 5.70. The van der Waals surface area contributed by atoms with Gasteiger partial charge in [0, 0.05) is 35.6 Å². The molecule has 0 aliphatic rings. The summed E-state index contributed by atoms with van der Waals surface area (Å²) in [5.74, 6) is 0. The van der Waals surface area contributed by atoms with Gasteiger partial charge in [-0.05, 0) is 0 Å². The second-order valence-corrected chi connectivity index (χ2v) is 0. The molecular formula is H7AlLaMgS. The topological polar surface area (TPSA) is 0 Å². The summed E-state index contributed by atoms with van der Waals surface area (Å²) in [4.78, 5) is 0. The van der Waals surface area contributed by atoms with Crippen molar-refractivity contribution in [3.8, 4) is 0 Å². The van der Waals surface area contributed by atoms with Crippen molar-refractivity contribution in [1.82, 2.24) is 0 Å². The molecule has 0 aliphatic heterocycles. The fraction of sp³-hybridized carbons (Fsp3) is 0. The molecule has 0 amide bonds. The van der Waals surface area contributed by atoms with E-state index in [9.17, 15) is 0 Å². The van der Waals surface area contributed by atoms with Crippen LogP contribution >= 0.6 is 13.5 Å². The Kier molecular flexibility index (Phi) is 123. The summed E-state index contributed by atoms with van der Waals surface area (Å²) in [6.07, 6.45) is 0. The fourth-order valence-electron chi connectivity index (χ4n) is 0. The molecule has 4 heavy (non-hydrogen) atoms. The quantitative estimate of drug-likeness (QED) is 0.422. The largest absolute Gasteiger partial charge is 0.316 e. The molecule has 0 N–H and O–H groups in total. The Bertz CT molecular complexity index is 8.00. The maximum absolute atomic E-state index is 0. The molecule has 1 radical (unpaired) electrons. The maximum Gasteiger partial charge on any atom is 0.316 e. The van der Waals surface area contributed by atoms with Crippen LogP contribution in [-0.4, -0.2) is 40.4 Å². The molecule has 0 saturated carbocycles. The summed E-state index contributed by atoms with van der Waals surface area (Å²) < 4.78 is 0. The Hall–Kier alpha value is 2.84. The Morgan fingerprint density at radius 3 is 1.00 bits per heavy atom. The summed E-state index contributed by atoms with van der Waals surface area (Å²) in [7, 11) is 0. The van der Waals surface area contributed by atoms with Crippen LogP contribution in [0.1, 0.15) is 0 Å². The van der Waals surface area contributed by atoms with Crippen LogP contribution < -0.4 is 0 Å². The monoisotopic (exact) mass is 229 g/mol. The van der Waals surface area contributed by atoms with Gasteiger partial charge in [0.15, 0.2) is 17.4 Å². The van der Waals surface area contributed by atoms with E-state index in [1.165, 1.54) is 0 Å². The molecule has 0 saturated heterocycles.